The zero-order valence-corrected chi connectivity index (χ0v) is 16.9. The van der Waals surface area contributed by atoms with E-state index in [9.17, 15) is 22.4 Å². The summed E-state index contributed by atoms with van der Waals surface area (Å²) in [6.07, 6.45) is 2.00. The zero-order chi connectivity index (χ0) is 19.7. The molecule has 0 fully saturated rings. The Morgan fingerprint density at radius 1 is 1.42 bits per heavy atom. The molecule has 0 bridgehead atoms. The number of ether oxygens (including phenoxy) is 1. The molecular formula is C16H18BrFN2O5S. The Morgan fingerprint density at radius 2 is 2.08 bits per heavy atom. The van der Waals surface area contributed by atoms with Gasteiger partial charge in [-0.3, -0.25) is 14.2 Å². The second kappa shape index (κ2) is 7.43. The van der Waals surface area contributed by atoms with Gasteiger partial charge in [0.15, 0.2) is 14.6 Å². The SMILES string of the molecule is CCOC(=O)C(C)(CCn1cnc2cc(Br)c(F)cc2c1=O)S(C)(=O)=O. The van der Waals surface area contributed by atoms with Crippen LogP contribution in [0, 0.1) is 5.82 Å². The highest BCUT2D eigenvalue weighted by atomic mass is 79.9. The molecule has 7 nitrogen and oxygen atoms in total. The summed E-state index contributed by atoms with van der Waals surface area (Å²) in [7, 11) is -3.80. The first kappa shape index (κ1) is 20.5. The average Bonchev–Trinajstić information content (AvgIpc) is 2.55. The molecule has 0 amide bonds. The molecular weight excluding hydrogens is 431 g/mol. The summed E-state index contributed by atoms with van der Waals surface area (Å²) < 4.78 is 42.3. The van der Waals surface area contributed by atoms with E-state index in [1.807, 2.05) is 0 Å². The van der Waals surface area contributed by atoms with Crippen molar-refractivity contribution in [2.75, 3.05) is 12.9 Å². The van der Waals surface area contributed by atoms with Crippen LogP contribution in [0.2, 0.25) is 0 Å². The summed E-state index contributed by atoms with van der Waals surface area (Å²) in [6.45, 7) is 2.78. The zero-order valence-electron chi connectivity index (χ0n) is 14.5. The molecule has 1 unspecified atom stereocenters. The van der Waals surface area contributed by atoms with Crippen molar-refractivity contribution < 1.29 is 22.3 Å². The van der Waals surface area contributed by atoms with Crippen molar-refractivity contribution in [3.05, 3.63) is 39.1 Å². The maximum atomic E-state index is 13.7. The molecule has 0 aliphatic carbocycles. The molecule has 0 saturated heterocycles. The number of nitrogens with zero attached hydrogens (tertiary/aromatic N) is 2. The molecule has 0 saturated carbocycles. The van der Waals surface area contributed by atoms with Gasteiger partial charge in [0, 0.05) is 12.8 Å². The molecule has 0 aliphatic rings. The Balaban J connectivity index is 2.41. The number of benzene rings is 1. The Labute approximate surface area is 158 Å². The molecule has 2 rings (SSSR count). The first-order valence-electron chi connectivity index (χ1n) is 7.72. The number of hydrogen-bond acceptors (Lipinski definition) is 6. The number of esters is 1. The summed E-state index contributed by atoms with van der Waals surface area (Å²) in [6, 6.07) is 2.45. The average molecular weight is 449 g/mol. The van der Waals surface area contributed by atoms with E-state index in [0.29, 0.717) is 5.52 Å². The van der Waals surface area contributed by atoms with Gasteiger partial charge in [-0.2, -0.15) is 0 Å². The molecule has 2 aromatic rings. The van der Waals surface area contributed by atoms with Crippen molar-refractivity contribution in [1.82, 2.24) is 9.55 Å². The van der Waals surface area contributed by atoms with Crippen LogP contribution in [-0.4, -0.2) is 41.5 Å². The lowest BCUT2D eigenvalue weighted by atomic mass is 10.1. The standard InChI is InChI=1S/C16H18BrFN2O5S/c1-4-25-15(22)16(2,26(3,23)24)5-6-20-9-19-13-8-11(17)12(18)7-10(13)14(20)21/h7-9H,4-6H2,1-3H3. The van der Waals surface area contributed by atoms with E-state index in [-0.39, 0.29) is 29.4 Å². The van der Waals surface area contributed by atoms with Crippen LogP contribution in [0.15, 0.2) is 27.7 Å². The van der Waals surface area contributed by atoms with Gasteiger partial charge in [0.05, 0.1) is 28.3 Å². The van der Waals surface area contributed by atoms with Gasteiger partial charge in [0.2, 0.25) is 0 Å². The Bertz CT molecular complexity index is 1020. The van der Waals surface area contributed by atoms with Crippen molar-refractivity contribution in [3.63, 3.8) is 0 Å². The van der Waals surface area contributed by atoms with E-state index in [2.05, 4.69) is 20.9 Å². The monoisotopic (exact) mass is 448 g/mol. The van der Waals surface area contributed by atoms with Gasteiger partial charge in [0.25, 0.3) is 5.56 Å². The summed E-state index contributed by atoms with van der Waals surface area (Å²) >= 11 is 3.03. The highest BCUT2D eigenvalue weighted by molar-refractivity contribution is 9.10. The molecule has 0 spiro atoms. The minimum absolute atomic E-state index is 0.0373. The van der Waals surface area contributed by atoms with Crippen LogP contribution in [0.3, 0.4) is 0 Å². The molecule has 0 aliphatic heterocycles. The van der Waals surface area contributed by atoms with E-state index in [4.69, 9.17) is 4.74 Å². The predicted octanol–water partition coefficient (Wildman–Crippen LogP) is 2.05. The molecule has 0 N–H and O–H groups in total. The molecule has 0 radical (unpaired) electrons. The lowest BCUT2D eigenvalue weighted by Gasteiger charge is -2.25. The number of aryl methyl sites for hydroxylation is 1. The topological polar surface area (TPSA) is 95.3 Å². The first-order chi connectivity index (χ1) is 12.0. The third kappa shape index (κ3) is 3.80. The van der Waals surface area contributed by atoms with Crippen LogP contribution in [0.5, 0.6) is 0 Å². The van der Waals surface area contributed by atoms with E-state index in [1.54, 1.807) is 6.92 Å². The Hall–Kier alpha value is -1.81. The van der Waals surface area contributed by atoms with E-state index in [1.165, 1.54) is 19.3 Å². The largest absolute Gasteiger partial charge is 0.465 e. The van der Waals surface area contributed by atoms with E-state index in [0.717, 1.165) is 16.9 Å². The molecule has 10 heteroatoms. The van der Waals surface area contributed by atoms with Gasteiger partial charge in [-0.25, -0.2) is 17.8 Å². The van der Waals surface area contributed by atoms with Crippen LogP contribution in [0.1, 0.15) is 20.3 Å². The molecule has 142 valence electrons. The maximum Gasteiger partial charge on any atom is 0.327 e. The summed E-state index contributed by atoms with van der Waals surface area (Å²) in [5, 5.41) is 0.0605. The summed E-state index contributed by atoms with van der Waals surface area (Å²) in [5.74, 6) is -1.49. The van der Waals surface area contributed by atoms with Crippen molar-refractivity contribution >= 4 is 42.6 Å². The Kier molecular flexibility index (Phi) is 5.86. The number of aromatic nitrogens is 2. The van der Waals surface area contributed by atoms with Gasteiger partial charge >= 0.3 is 5.97 Å². The van der Waals surface area contributed by atoms with Crippen molar-refractivity contribution in [2.24, 2.45) is 0 Å². The van der Waals surface area contributed by atoms with Crippen LogP contribution in [-0.2, 0) is 25.9 Å². The lowest BCUT2D eigenvalue weighted by molar-refractivity contribution is -0.146. The van der Waals surface area contributed by atoms with Crippen molar-refractivity contribution in [3.8, 4) is 0 Å². The van der Waals surface area contributed by atoms with Gasteiger partial charge in [-0.05, 0) is 48.3 Å². The molecule has 26 heavy (non-hydrogen) atoms. The summed E-state index contributed by atoms with van der Waals surface area (Å²) in [5.41, 5.74) is -0.225. The highest BCUT2D eigenvalue weighted by Crippen LogP contribution is 2.24. The van der Waals surface area contributed by atoms with Crippen molar-refractivity contribution in [2.45, 2.75) is 31.6 Å². The minimum atomic E-state index is -3.80. The first-order valence-corrected chi connectivity index (χ1v) is 10.4. The smallest absolute Gasteiger partial charge is 0.327 e. The maximum absolute atomic E-state index is 13.7. The second-order valence-corrected chi connectivity index (χ2v) is 9.30. The predicted molar refractivity (Wildman–Crippen MR) is 98.2 cm³/mol. The number of fused-ring (bicyclic) bond motifs is 1. The van der Waals surface area contributed by atoms with Crippen LogP contribution in [0.25, 0.3) is 10.9 Å². The van der Waals surface area contributed by atoms with Gasteiger partial charge in [-0.1, -0.05) is 0 Å². The molecule has 1 aromatic carbocycles. The minimum Gasteiger partial charge on any atom is -0.465 e. The number of halogens is 2. The fraction of sp³-hybridized carbons (Fsp3) is 0.438. The third-order valence-electron chi connectivity index (χ3n) is 4.22. The third-order valence-corrected chi connectivity index (χ3v) is 6.84. The van der Waals surface area contributed by atoms with E-state index < -0.39 is 31.9 Å². The highest BCUT2D eigenvalue weighted by Gasteiger charge is 2.44. The Morgan fingerprint density at radius 3 is 2.65 bits per heavy atom. The van der Waals surface area contributed by atoms with Crippen LogP contribution >= 0.6 is 15.9 Å². The quantitative estimate of drug-likeness (QED) is 0.627. The number of carbonyl (C=O) groups excluding carboxylic acids is 1. The fourth-order valence-electron chi connectivity index (χ4n) is 2.37. The van der Waals surface area contributed by atoms with Crippen LogP contribution < -0.4 is 5.56 Å². The van der Waals surface area contributed by atoms with E-state index >= 15 is 0 Å². The fourth-order valence-corrected chi connectivity index (χ4v) is 3.52. The number of hydrogen-bond donors (Lipinski definition) is 0. The second-order valence-electron chi connectivity index (χ2n) is 6.00. The molecule has 1 aromatic heterocycles. The van der Waals surface area contributed by atoms with Crippen molar-refractivity contribution in [1.29, 1.82) is 0 Å². The molecule has 1 atom stereocenters. The summed E-state index contributed by atoms with van der Waals surface area (Å²) in [4.78, 5) is 28.8. The lowest BCUT2D eigenvalue weighted by Crippen LogP contribution is -2.45. The van der Waals surface area contributed by atoms with Gasteiger partial charge in [0.1, 0.15) is 5.82 Å². The molecule has 1 heterocycles. The normalized spacial score (nSPS) is 14.2. The number of carbonyl (C=O) groups is 1. The number of rotatable bonds is 6. The van der Waals surface area contributed by atoms with Gasteiger partial charge < -0.3 is 4.74 Å². The number of sulfone groups is 1. The van der Waals surface area contributed by atoms with Crippen LogP contribution in [0.4, 0.5) is 4.39 Å². The van der Waals surface area contributed by atoms with Gasteiger partial charge in [-0.15, -0.1) is 0 Å².